The van der Waals surface area contributed by atoms with Gasteiger partial charge in [0.2, 0.25) is 0 Å². The Kier molecular flexibility index (Phi) is 3.84. The molecule has 0 unspecified atom stereocenters. The Morgan fingerprint density at radius 1 is 0.950 bits per heavy atom. The molecule has 3 rings (SSSR count). The van der Waals surface area contributed by atoms with Gasteiger partial charge in [-0.05, 0) is 30.2 Å². The van der Waals surface area contributed by atoms with Gasteiger partial charge in [-0.25, -0.2) is 0 Å². The van der Waals surface area contributed by atoms with E-state index in [1.807, 2.05) is 0 Å². The molecule has 2 aromatic carbocycles. The molecule has 0 bridgehead atoms. The summed E-state index contributed by atoms with van der Waals surface area (Å²) >= 11 is 0. The highest BCUT2D eigenvalue weighted by molar-refractivity contribution is 5.83. The van der Waals surface area contributed by atoms with Gasteiger partial charge in [-0.1, -0.05) is 48.5 Å². The molecule has 1 N–H and O–H groups in total. The van der Waals surface area contributed by atoms with Crippen molar-refractivity contribution in [2.75, 3.05) is 6.54 Å². The highest BCUT2D eigenvalue weighted by Crippen LogP contribution is 2.19. The molecule has 0 fully saturated rings. The molecule has 102 valence electrons. The van der Waals surface area contributed by atoms with Crippen LogP contribution in [-0.2, 0) is 20.0 Å². The van der Waals surface area contributed by atoms with E-state index in [0.29, 0.717) is 0 Å². The van der Waals surface area contributed by atoms with E-state index in [-0.39, 0.29) is 0 Å². The minimum atomic E-state index is 0.925. The van der Waals surface area contributed by atoms with Crippen molar-refractivity contribution in [1.82, 2.24) is 9.88 Å². The summed E-state index contributed by atoms with van der Waals surface area (Å²) in [6, 6.07) is 19.2. The van der Waals surface area contributed by atoms with E-state index < -0.39 is 0 Å². The molecule has 20 heavy (non-hydrogen) atoms. The highest BCUT2D eigenvalue weighted by Gasteiger charge is 2.04. The smallest absolute Gasteiger partial charge is 0.0481 e. The van der Waals surface area contributed by atoms with Crippen molar-refractivity contribution >= 4 is 10.9 Å². The van der Waals surface area contributed by atoms with Gasteiger partial charge in [0.25, 0.3) is 0 Å². The van der Waals surface area contributed by atoms with Crippen molar-refractivity contribution in [3.63, 3.8) is 0 Å². The molecule has 1 heterocycles. The predicted molar refractivity (Wildman–Crippen MR) is 84.8 cm³/mol. The Bertz CT molecular complexity index is 683. The Morgan fingerprint density at radius 2 is 1.70 bits per heavy atom. The zero-order valence-corrected chi connectivity index (χ0v) is 11.8. The van der Waals surface area contributed by atoms with Crippen molar-refractivity contribution < 1.29 is 0 Å². The highest BCUT2D eigenvalue weighted by atomic mass is 14.9. The molecule has 0 aliphatic rings. The van der Waals surface area contributed by atoms with Crippen LogP contribution in [0.1, 0.15) is 11.1 Å². The van der Waals surface area contributed by atoms with E-state index in [1.54, 1.807) is 0 Å². The Hall–Kier alpha value is -2.06. The molecule has 0 aliphatic heterocycles. The third-order valence-electron chi connectivity index (χ3n) is 3.73. The Morgan fingerprint density at radius 3 is 2.55 bits per heavy atom. The van der Waals surface area contributed by atoms with Gasteiger partial charge in [0, 0.05) is 30.7 Å². The van der Waals surface area contributed by atoms with E-state index in [1.165, 1.54) is 22.0 Å². The number of nitrogens with zero attached hydrogens (tertiary/aromatic N) is 1. The van der Waals surface area contributed by atoms with Crippen molar-refractivity contribution in [1.29, 1.82) is 0 Å². The van der Waals surface area contributed by atoms with Crippen molar-refractivity contribution in [2.24, 2.45) is 7.05 Å². The number of nitrogens with one attached hydrogen (secondary N) is 1. The summed E-state index contributed by atoms with van der Waals surface area (Å²) < 4.78 is 2.20. The molecular formula is C18H20N2. The first-order valence-corrected chi connectivity index (χ1v) is 7.12. The summed E-state index contributed by atoms with van der Waals surface area (Å²) in [6.45, 7) is 1.93. The van der Waals surface area contributed by atoms with Crippen molar-refractivity contribution in [3.05, 3.63) is 71.9 Å². The molecule has 0 radical (unpaired) electrons. The molecule has 1 aromatic heterocycles. The SMILES string of the molecule is Cn1cc(CNCCc2ccccc2)c2ccccc21. The van der Waals surface area contributed by atoms with Crippen LogP contribution in [0.3, 0.4) is 0 Å². The summed E-state index contributed by atoms with van der Waals surface area (Å²) in [5, 5.41) is 4.89. The zero-order chi connectivity index (χ0) is 13.8. The number of aryl methyl sites for hydroxylation is 1. The van der Waals surface area contributed by atoms with Gasteiger partial charge in [0.1, 0.15) is 0 Å². The zero-order valence-electron chi connectivity index (χ0n) is 11.8. The third kappa shape index (κ3) is 2.75. The van der Waals surface area contributed by atoms with Crippen LogP contribution >= 0.6 is 0 Å². The largest absolute Gasteiger partial charge is 0.350 e. The monoisotopic (exact) mass is 264 g/mol. The predicted octanol–water partition coefficient (Wildman–Crippen LogP) is 3.51. The van der Waals surface area contributed by atoms with Gasteiger partial charge >= 0.3 is 0 Å². The molecule has 0 saturated carbocycles. The van der Waals surface area contributed by atoms with Gasteiger partial charge in [-0.3, -0.25) is 0 Å². The topological polar surface area (TPSA) is 17.0 Å². The fourth-order valence-electron chi connectivity index (χ4n) is 2.67. The van der Waals surface area contributed by atoms with Gasteiger partial charge in [-0.15, -0.1) is 0 Å². The Balaban J connectivity index is 1.60. The second kappa shape index (κ2) is 5.93. The number of hydrogen-bond acceptors (Lipinski definition) is 1. The molecule has 0 saturated heterocycles. The van der Waals surface area contributed by atoms with Crippen LogP contribution in [0, 0.1) is 0 Å². The molecule has 2 heteroatoms. The van der Waals surface area contributed by atoms with Crippen LogP contribution in [0.15, 0.2) is 60.8 Å². The average Bonchev–Trinajstić information content (AvgIpc) is 2.82. The van der Waals surface area contributed by atoms with Crippen molar-refractivity contribution in [3.8, 4) is 0 Å². The minimum absolute atomic E-state index is 0.925. The summed E-state index contributed by atoms with van der Waals surface area (Å²) in [7, 11) is 2.11. The van der Waals surface area contributed by atoms with E-state index in [9.17, 15) is 0 Å². The lowest BCUT2D eigenvalue weighted by Gasteiger charge is -2.04. The van der Waals surface area contributed by atoms with Crippen molar-refractivity contribution in [2.45, 2.75) is 13.0 Å². The van der Waals surface area contributed by atoms with Gasteiger partial charge < -0.3 is 9.88 Å². The molecule has 0 amide bonds. The summed E-state index contributed by atoms with van der Waals surface area (Å²) in [4.78, 5) is 0. The minimum Gasteiger partial charge on any atom is -0.350 e. The van der Waals surface area contributed by atoms with E-state index in [4.69, 9.17) is 0 Å². The number of benzene rings is 2. The van der Waals surface area contributed by atoms with Crippen LogP contribution in [-0.4, -0.2) is 11.1 Å². The van der Waals surface area contributed by atoms with Gasteiger partial charge in [-0.2, -0.15) is 0 Å². The number of para-hydroxylation sites is 1. The number of fused-ring (bicyclic) bond motifs is 1. The maximum absolute atomic E-state index is 3.54. The molecular weight excluding hydrogens is 244 g/mol. The summed E-state index contributed by atoms with van der Waals surface area (Å²) in [5.41, 5.74) is 4.06. The lowest BCUT2D eigenvalue weighted by atomic mass is 10.1. The maximum Gasteiger partial charge on any atom is 0.0481 e. The standard InChI is InChI=1S/C18H20N2/c1-20-14-16(17-9-5-6-10-18(17)20)13-19-12-11-15-7-3-2-4-8-15/h2-10,14,19H,11-13H2,1H3. The lowest BCUT2D eigenvalue weighted by Crippen LogP contribution is -2.16. The van der Waals surface area contributed by atoms with E-state index >= 15 is 0 Å². The molecule has 0 atom stereocenters. The average molecular weight is 264 g/mol. The maximum atomic E-state index is 3.54. The van der Waals surface area contributed by atoms with Crippen LogP contribution in [0.4, 0.5) is 0 Å². The first-order valence-electron chi connectivity index (χ1n) is 7.12. The van der Waals surface area contributed by atoms with Gasteiger partial charge in [0.15, 0.2) is 0 Å². The van der Waals surface area contributed by atoms with E-state index in [0.717, 1.165) is 19.5 Å². The first-order chi connectivity index (χ1) is 9.84. The first kappa shape index (κ1) is 12.9. The number of rotatable bonds is 5. The number of aromatic nitrogens is 1. The third-order valence-corrected chi connectivity index (χ3v) is 3.73. The summed E-state index contributed by atoms with van der Waals surface area (Å²) in [6.07, 6.45) is 3.30. The Labute approximate surface area is 120 Å². The fourth-order valence-corrected chi connectivity index (χ4v) is 2.67. The number of hydrogen-bond donors (Lipinski definition) is 1. The molecule has 3 aromatic rings. The normalized spacial score (nSPS) is 11.1. The van der Waals surface area contributed by atoms with Crippen LogP contribution in [0.25, 0.3) is 10.9 Å². The van der Waals surface area contributed by atoms with E-state index in [2.05, 4.69) is 77.7 Å². The van der Waals surface area contributed by atoms with Crippen LogP contribution in [0.2, 0.25) is 0 Å². The van der Waals surface area contributed by atoms with Crippen LogP contribution < -0.4 is 5.32 Å². The molecule has 0 aliphatic carbocycles. The second-order valence-electron chi connectivity index (χ2n) is 5.19. The molecule has 0 spiro atoms. The quantitative estimate of drug-likeness (QED) is 0.698. The van der Waals surface area contributed by atoms with Crippen LogP contribution in [0.5, 0.6) is 0 Å². The fraction of sp³-hybridized carbons (Fsp3) is 0.222. The second-order valence-corrected chi connectivity index (χ2v) is 5.19. The summed E-state index contributed by atoms with van der Waals surface area (Å²) in [5.74, 6) is 0. The van der Waals surface area contributed by atoms with Gasteiger partial charge in [0.05, 0.1) is 0 Å². The lowest BCUT2D eigenvalue weighted by molar-refractivity contribution is 0.688. The molecule has 2 nitrogen and oxygen atoms in total.